The van der Waals surface area contributed by atoms with E-state index < -0.39 is 10.0 Å². The molecule has 0 fully saturated rings. The van der Waals surface area contributed by atoms with Crippen molar-refractivity contribution in [3.05, 3.63) is 46.2 Å². The van der Waals surface area contributed by atoms with Crippen LogP contribution in [-0.2, 0) is 10.0 Å². The quantitative estimate of drug-likeness (QED) is 0.524. The summed E-state index contributed by atoms with van der Waals surface area (Å²) in [6.45, 7) is 0.812. The number of primary sulfonamides is 1. The molecule has 1 aliphatic carbocycles. The monoisotopic (exact) mass is 396 g/mol. The summed E-state index contributed by atoms with van der Waals surface area (Å²) in [5, 5.41) is 14.5. The number of anilines is 1. The van der Waals surface area contributed by atoms with Crippen LogP contribution in [0.2, 0.25) is 0 Å². The van der Waals surface area contributed by atoms with E-state index in [9.17, 15) is 13.3 Å². The van der Waals surface area contributed by atoms with Gasteiger partial charge in [0, 0.05) is 16.7 Å². The van der Waals surface area contributed by atoms with Crippen LogP contribution in [0.5, 0.6) is 0 Å². The molecule has 0 aliphatic heterocycles. The summed E-state index contributed by atoms with van der Waals surface area (Å²) in [6.07, 6.45) is 9.49. The summed E-state index contributed by atoms with van der Waals surface area (Å²) in [4.78, 5) is 12.3. The van der Waals surface area contributed by atoms with E-state index in [2.05, 4.69) is 34.0 Å². The SMILES string of the molecule is CNCCC(CSC1=CCCC=C1)Nc1ccc(S(N)(=O)=O)cc1N=O. The minimum Gasteiger partial charge on any atom is -0.380 e. The van der Waals surface area contributed by atoms with Crippen molar-refractivity contribution in [2.24, 2.45) is 10.3 Å². The summed E-state index contributed by atoms with van der Waals surface area (Å²) in [5.41, 5.74) is 0.537. The van der Waals surface area contributed by atoms with Gasteiger partial charge in [-0.1, -0.05) is 18.2 Å². The number of hydrogen-bond donors (Lipinski definition) is 3. The molecule has 0 radical (unpaired) electrons. The van der Waals surface area contributed by atoms with Crippen LogP contribution in [0, 0.1) is 4.91 Å². The second-order valence-electron chi connectivity index (χ2n) is 5.95. The highest BCUT2D eigenvalue weighted by Gasteiger charge is 2.16. The van der Waals surface area contributed by atoms with Gasteiger partial charge in [-0.05, 0) is 56.2 Å². The van der Waals surface area contributed by atoms with Crippen LogP contribution in [-0.4, -0.2) is 33.8 Å². The van der Waals surface area contributed by atoms with Crippen LogP contribution in [0.1, 0.15) is 19.3 Å². The Morgan fingerprint density at radius 1 is 1.35 bits per heavy atom. The zero-order valence-corrected chi connectivity index (χ0v) is 16.3. The normalized spacial score (nSPS) is 15.4. The number of thioether (sulfide) groups is 1. The highest BCUT2D eigenvalue weighted by molar-refractivity contribution is 8.03. The maximum absolute atomic E-state index is 11.4. The Morgan fingerprint density at radius 2 is 2.15 bits per heavy atom. The van der Waals surface area contributed by atoms with E-state index in [1.54, 1.807) is 11.8 Å². The molecule has 1 unspecified atom stereocenters. The number of rotatable bonds is 10. The minimum atomic E-state index is -3.88. The van der Waals surface area contributed by atoms with Gasteiger partial charge >= 0.3 is 0 Å². The van der Waals surface area contributed by atoms with E-state index in [1.165, 1.54) is 23.1 Å². The predicted octanol–water partition coefficient (Wildman–Crippen LogP) is 3.09. The fraction of sp³-hybridized carbons (Fsp3) is 0.412. The van der Waals surface area contributed by atoms with E-state index in [0.29, 0.717) is 5.69 Å². The van der Waals surface area contributed by atoms with E-state index in [4.69, 9.17) is 5.14 Å². The summed E-state index contributed by atoms with van der Waals surface area (Å²) in [7, 11) is -1.99. The van der Waals surface area contributed by atoms with Crippen molar-refractivity contribution in [2.75, 3.05) is 24.7 Å². The van der Waals surface area contributed by atoms with Gasteiger partial charge in [-0.3, -0.25) is 0 Å². The summed E-state index contributed by atoms with van der Waals surface area (Å²) in [5.74, 6) is 0.813. The Balaban J connectivity index is 2.12. The Kier molecular flexibility index (Phi) is 7.83. The molecule has 142 valence electrons. The lowest BCUT2D eigenvalue weighted by molar-refractivity contribution is 0.598. The number of nitrogens with two attached hydrogens (primary N) is 1. The van der Waals surface area contributed by atoms with Crippen LogP contribution in [0.15, 0.2) is 51.4 Å². The first-order valence-corrected chi connectivity index (χ1v) is 10.9. The van der Waals surface area contributed by atoms with E-state index in [1.807, 2.05) is 7.05 Å². The van der Waals surface area contributed by atoms with Gasteiger partial charge in [0.05, 0.1) is 10.6 Å². The third-order valence-electron chi connectivity index (χ3n) is 3.91. The second-order valence-corrected chi connectivity index (χ2v) is 8.60. The molecule has 1 aromatic carbocycles. The van der Waals surface area contributed by atoms with Gasteiger partial charge in [-0.2, -0.15) is 0 Å². The molecular formula is C17H24N4O3S2. The number of sulfonamides is 1. The molecule has 0 spiro atoms. The number of nitroso groups, excluding NO2 is 1. The molecule has 1 aliphatic rings. The van der Waals surface area contributed by atoms with Crippen molar-refractivity contribution in [3.8, 4) is 0 Å². The van der Waals surface area contributed by atoms with E-state index >= 15 is 0 Å². The smallest absolute Gasteiger partial charge is 0.238 e. The van der Waals surface area contributed by atoms with Crippen LogP contribution < -0.4 is 15.8 Å². The first-order chi connectivity index (χ1) is 12.4. The van der Waals surface area contributed by atoms with Crippen molar-refractivity contribution in [1.82, 2.24) is 5.32 Å². The predicted molar refractivity (Wildman–Crippen MR) is 108 cm³/mol. The summed E-state index contributed by atoms with van der Waals surface area (Å²) < 4.78 is 22.9. The molecule has 0 saturated heterocycles. The van der Waals surface area contributed by atoms with Crippen molar-refractivity contribution in [2.45, 2.75) is 30.2 Å². The number of hydrogen-bond acceptors (Lipinski definition) is 7. The standard InChI is InChI=1S/C17H24N4O3S2/c1-19-10-9-13(12-25-14-5-3-2-4-6-14)20-16-8-7-15(26(18,23)24)11-17(16)21-22/h3,5-8,11,13,19-20H,2,4,9-10,12H2,1H3,(H2,18,23,24). The van der Waals surface area contributed by atoms with Crippen LogP contribution >= 0.6 is 11.8 Å². The van der Waals surface area contributed by atoms with Crippen LogP contribution in [0.25, 0.3) is 0 Å². The Hall–Kier alpha value is -1.68. The van der Waals surface area contributed by atoms with Gasteiger partial charge in [-0.15, -0.1) is 16.7 Å². The molecule has 9 heteroatoms. The summed E-state index contributed by atoms with van der Waals surface area (Å²) in [6, 6.07) is 4.19. The third-order valence-corrected chi connectivity index (χ3v) is 6.03. The number of nitrogens with zero attached hydrogens (tertiary/aromatic N) is 1. The zero-order chi connectivity index (χ0) is 19.0. The molecule has 1 atom stereocenters. The van der Waals surface area contributed by atoms with Gasteiger partial charge in [0.1, 0.15) is 5.69 Å². The number of nitrogens with one attached hydrogen (secondary N) is 2. The molecule has 0 bridgehead atoms. The van der Waals surface area contributed by atoms with E-state index in [0.717, 1.165) is 31.6 Å². The molecule has 0 aromatic heterocycles. The lowest BCUT2D eigenvalue weighted by Gasteiger charge is -2.21. The molecule has 1 aromatic rings. The molecule has 26 heavy (non-hydrogen) atoms. The number of benzene rings is 1. The molecule has 0 amide bonds. The Labute approximate surface area is 158 Å². The molecule has 0 heterocycles. The van der Waals surface area contributed by atoms with Crippen molar-refractivity contribution in [1.29, 1.82) is 0 Å². The first-order valence-electron chi connectivity index (χ1n) is 8.35. The van der Waals surface area contributed by atoms with Gasteiger partial charge in [0.2, 0.25) is 10.0 Å². The second kappa shape index (κ2) is 9.86. The zero-order valence-electron chi connectivity index (χ0n) is 14.6. The topological polar surface area (TPSA) is 114 Å². The van der Waals surface area contributed by atoms with Gasteiger partial charge in [0.25, 0.3) is 0 Å². The van der Waals surface area contributed by atoms with Gasteiger partial charge in [0.15, 0.2) is 0 Å². The largest absolute Gasteiger partial charge is 0.380 e. The lowest BCUT2D eigenvalue weighted by atomic mass is 10.2. The molecule has 2 rings (SSSR count). The Bertz CT molecular complexity index is 791. The molecular weight excluding hydrogens is 372 g/mol. The fourth-order valence-corrected chi connectivity index (χ4v) is 4.12. The molecule has 0 saturated carbocycles. The van der Waals surface area contributed by atoms with Gasteiger partial charge < -0.3 is 10.6 Å². The van der Waals surface area contributed by atoms with Crippen molar-refractivity contribution >= 4 is 33.2 Å². The molecule has 7 nitrogen and oxygen atoms in total. The number of allylic oxidation sites excluding steroid dienone is 3. The lowest BCUT2D eigenvalue weighted by Crippen LogP contribution is -2.27. The fourth-order valence-electron chi connectivity index (χ4n) is 2.51. The van der Waals surface area contributed by atoms with Crippen molar-refractivity contribution in [3.63, 3.8) is 0 Å². The minimum absolute atomic E-state index is 0.0350. The van der Waals surface area contributed by atoms with E-state index in [-0.39, 0.29) is 16.6 Å². The summed E-state index contributed by atoms with van der Waals surface area (Å²) >= 11 is 1.76. The average molecular weight is 397 g/mol. The third kappa shape index (κ3) is 6.24. The van der Waals surface area contributed by atoms with Crippen LogP contribution in [0.4, 0.5) is 11.4 Å². The maximum Gasteiger partial charge on any atom is 0.238 e. The van der Waals surface area contributed by atoms with Crippen molar-refractivity contribution < 1.29 is 8.42 Å². The highest BCUT2D eigenvalue weighted by Crippen LogP contribution is 2.30. The first kappa shape index (κ1) is 20.6. The van der Waals surface area contributed by atoms with Crippen LogP contribution in [0.3, 0.4) is 0 Å². The maximum atomic E-state index is 11.4. The Morgan fingerprint density at radius 3 is 2.77 bits per heavy atom. The highest BCUT2D eigenvalue weighted by atomic mass is 32.2. The average Bonchev–Trinajstić information content (AvgIpc) is 2.64. The molecule has 4 N–H and O–H groups in total. The van der Waals surface area contributed by atoms with Gasteiger partial charge in [-0.25, -0.2) is 13.6 Å².